The molecule has 21 heavy (non-hydrogen) atoms. The molecule has 1 heterocycles. The van der Waals surface area contributed by atoms with Gasteiger partial charge in [-0.05, 0) is 13.3 Å². The molecule has 0 unspecified atom stereocenters. The van der Waals surface area contributed by atoms with Crippen molar-refractivity contribution >= 4 is 41.3 Å². The summed E-state index contributed by atoms with van der Waals surface area (Å²) in [6.45, 7) is 5.90. The van der Waals surface area contributed by atoms with Gasteiger partial charge < -0.3 is 11.1 Å². The van der Waals surface area contributed by atoms with E-state index in [4.69, 9.17) is 5.73 Å². The lowest BCUT2D eigenvalue weighted by atomic mass is 10.1. The first kappa shape index (κ1) is 20.6. The van der Waals surface area contributed by atoms with Crippen LogP contribution in [-0.2, 0) is 6.42 Å². The predicted molar refractivity (Wildman–Crippen MR) is 104 cm³/mol. The molecule has 0 spiro atoms. The van der Waals surface area contributed by atoms with Crippen molar-refractivity contribution < 1.29 is 0 Å². The molecule has 0 radical (unpaired) electrons. The normalized spacial score (nSPS) is 11.2. The molecular formula is C15H29IN4S. The highest BCUT2D eigenvalue weighted by molar-refractivity contribution is 14.0. The molecule has 0 bridgehead atoms. The molecule has 0 aliphatic heterocycles. The lowest BCUT2D eigenvalue weighted by Gasteiger charge is -2.04. The number of hydrogen-bond donors (Lipinski definition) is 2. The van der Waals surface area contributed by atoms with E-state index in [-0.39, 0.29) is 24.0 Å². The van der Waals surface area contributed by atoms with Crippen LogP contribution in [0.2, 0.25) is 0 Å². The molecule has 1 rings (SSSR count). The molecule has 6 heteroatoms. The van der Waals surface area contributed by atoms with Gasteiger partial charge in [-0.2, -0.15) is 0 Å². The zero-order valence-corrected chi connectivity index (χ0v) is 16.4. The minimum atomic E-state index is 0. The summed E-state index contributed by atoms with van der Waals surface area (Å²) >= 11 is 1.69. The largest absolute Gasteiger partial charge is 0.370 e. The fraction of sp³-hybridized carbons (Fsp3) is 0.733. The fourth-order valence-electron chi connectivity index (χ4n) is 1.99. The van der Waals surface area contributed by atoms with E-state index in [1.165, 1.54) is 32.1 Å². The van der Waals surface area contributed by atoms with Crippen molar-refractivity contribution in [3.05, 3.63) is 16.1 Å². The van der Waals surface area contributed by atoms with Crippen molar-refractivity contribution in [1.29, 1.82) is 0 Å². The molecule has 1 aromatic rings. The van der Waals surface area contributed by atoms with Crippen LogP contribution in [0.25, 0.3) is 0 Å². The Kier molecular flexibility index (Phi) is 13.1. The first-order valence-corrected chi connectivity index (χ1v) is 8.55. The number of halogens is 1. The van der Waals surface area contributed by atoms with Gasteiger partial charge in [0, 0.05) is 24.9 Å². The highest BCUT2D eigenvalue weighted by atomic mass is 127. The van der Waals surface area contributed by atoms with Gasteiger partial charge >= 0.3 is 0 Å². The number of aromatic nitrogens is 1. The molecule has 0 amide bonds. The van der Waals surface area contributed by atoms with Gasteiger partial charge in [-0.15, -0.1) is 35.3 Å². The Morgan fingerprint density at radius 1 is 1.29 bits per heavy atom. The summed E-state index contributed by atoms with van der Waals surface area (Å²) in [5, 5.41) is 6.36. The minimum absolute atomic E-state index is 0. The number of guanidine groups is 1. The van der Waals surface area contributed by atoms with Crippen molar-refractivity contribution in [1.82, 2.24) is 10.3 Å². The van der Waals surface area contributed by atoms with Crippen LogP contribution in [-0.4, -0.2) is 24.0 Å². The first-order chi connectivity index (χ1) is 9.72. The van der Waals surface area contributed by atoms with Crippen molar-refractivity contribution in [3.8, 4) is 0 Å². The van der Waals surface area contributed by atoms with Gasteiger partial charge in [-0.25, -0.2) is 4.98 Å². The summed E-state index contributed by atoms with van der Waals surface area (Å²) in [6, 6.07) is 0. The van der Waals surface area contributed by atoms with E-state index in [1.807, 2.05) is 6.92 Å². The second-order valence-electron chi connectivity index (χ2n) is 5.07. The van der Waals surface area contributed by atoms with Gasteiger partial charge in [0.2, 0.25) is 0 Å². The molecule has 122 valence electrons. The molecule has 0 aliphatic rings. The Morgan fingerprint density at radius 2 is 2.00 bits per heavy atom. The summed E-state index contributed by atoms with van der Waals surface area (Å²) in [7, 11) is 0. The van der Waals surface area contributed by atoms with Gasteiger partial charge in [-0.1, -0.05) is 39.0 Å². The molecular weight excluding hydrogens is 395 g/mol. The predicted octanol–water partition coefficient (Wildman–Crippen LogP) is 3.88. The number of rotatable bonds is 10. The molecule has 0 aromatic carbocycles. The van der Waals surface area contributed by atoms with Gasteiger partial charge in [0.25, 0.3) is 0 Å². The number of unbranched alkanes of at least 4 members (excludes halogenated alkanes) is 5. The summed E-state index contributed by atoms with van der Waals surface area (Å²) in [4.78, 5) is 8.76. The third-order valence-corrected chi connectivity index (χ3v) is 3.97. The fourth-order valence-corrected chi connectivity index (χ4v) is 2.64. The van der Waals surface area contributed by atoms with Gasteiger partial charge in [0.1, 0.15) is 0 Å². The van der Waals surface area contributed by atoms with Crippen LogP contribution in [0.15, 0.2) is 10.4 Å². The first-order valence-electron chi connectivity index (χ1n) is 7.67. The lowest BCUT2D eigenvalue weighted by molar-refractivity contribution is 0.611. The van der Waals surface area contributed by atoms with Crippen LogP contribution in [0.1, 0.15) is 56.2 Å². The number of aryl methyl sites for hydroxylation is 1. The number of thiazole rings is 1. The zero-order chi connectivity index (χ0) is 14.6. The number of hydrogen-bond acceptors (Lipinski definition) is 3. The maximum absolute atomic E-state index is 5.83. The maximum atomic E-state index is 5.83. The molecule has 0 fully saturated rings. The van der Waals surface area contributed by atoms with Crippen molar-refractivity contribution in [2.45, 2.75) is 58.8 Å². The second-order valence-corrected chi connectivity index (χ2v) is 6.13. The third-order valence-electron chi connectivity index (χ3n) is 3.15. The Balaban J connectivity index is 0.00000400. The molecule has 0 saturated carbocycles. The zero-order valence-electron chi connectivity index (χ0n) is 13.2. The highest BCUT2D eigenvalue weighted by Gasteiger charge is 1.98. The lowest BCUT2D eigenvalue weighted by Crippen LogP contribution is -2.33. The Bertz CT molecular complexity index is 393. The Labute approximate surface area is 150 Å². The van der Waals surface area contributed by atoms with Gasteiger partial charge in [0.15, 0.2) is 5.96 Å². The summed E-state index contributed by atoms with van der Waals surface area (Å²) in [5.41, 5.74) is 6.96. The minimum Gasteiger partial charge on any atom is -0.370 e. The van der Waals surface area contributed by atoms with Crippen LogP contribution in [0.3, 0.4) is 0 Å². The van der Waals surface area contributed by atoms with E-state index in [2.05, 4.69) is 27.6 Å². The van der Waals surface area contributed by atoms with E-state index in [1.54, 1.807) is 11.3 Å². The molecule has 1 aromatic heterocycles. The monoisotopic (exact) mass is 424 g/mol. The number of nitrogens with one attached hydrogen (secondary N) is 1. The van der Waals surface area contributed by atoms with Crippen LogP contribution in [0.4, 0.5) is 0 Å². The third kappa shape index (κ3) is 10.9. The number of aliphatic imine (C=N–C) groups is 1. The van der Waals surface area contributed by atoms with E-state index >= 15 is 0 Å². The summed E-state index contributed by atoms with van der Waals surface area (Å²) < 4.78 is 0. The average molecular weight is 424 g/mol. The highest BCUT2D eigenvalue weighted by Crippen LogP contribution is 2.07. The average Bonchev–Trinajstić information content (AvgIpc) is 2.83. The van der Waals surface area contributed by atoms with Gasteiger partial charge in [0.05, 0.1) is 10.7 Å². The molecule has 0 saturated heterocycles. The van der Waals surface area contributed by atoms with Crippen molar-refractivity contribution in [2.24, 2.45) is 10.7 Å². The number of nitrogens with zero attached hydrogens (tertiary/aromatic N) is 2. The standard InChI is InChI=1S/C15H28N4S.HI/c1-3-4-5-6-7-8-10-17-15(16)18-11-9-14-12-20-13(2)19-14;/h12H,3-11H2,1-2H3,(H3,16,17,18);1H. The van der Waals surface area contributed by atoms with E-state index in [9.17, 15) is 0 Å². The summed E-state index contributed by atoms with van der Waals surface area (Å²) in [5.74, 6) is 0.561. The Hall–Kier alpha value is -0.370. The Morgan fingerprint density at radius 3 is 2.67 bits per heavy atom. The molecule has 4 nitrogen and oxygen atoms in total. The molecule has 0 atom stereocenters. The summed E-state index contributed by atoms with van der Waals surface area (Å²) in [6.07, 6.45) is 8.61. The van der Waals surface area contributed by atoms with Crippen LogP contribution in [0.5, 0.6) is 0 Å². The molecule has 3 N–H and O–H groups in total. The SMILES string of the molecule is CCCCCCCCN=C(N)NCCc1csc(C)n1.I. The topological polar surface area (TPSA) is 63.3 Å². The smallest absolute Gasteiger partial charge is 0.188 e. The van der Waals surface area contributed by atoms with Crippen molar-refractivity contribution in [3.63, 3.8) is 0 Å². The van der Waals surface area contributed by atoms with E-state index in [0.717, 1.165) is 36.6 Å². The van der Waals surface area contributed by atoms with Crippen LogP contribution >= 0.6 is 35.3 Å². The van der Waals surface area contributed by atoms with Crippen LogP contribution < -0.4 is 11.1 Å². The van der Waals surface area contributed by atoms with Gasteiger partial charge in [-0.3, -0.25) is 4.99 Å². The van der Waals surface area contributed by atoms with Crippen molar-refractivity contribution in [2.75, 3.05) is 13.1 Å². The van der Waals surface area contributed by atoms with E-state index < -0.39 is 0 Å². The maximum Gasteiger partial charge on any atom is 0.188 e. The number of nitrogens with two attached hydrogens (primary N) is 1. The van der Waals surface area contributed by atoms with E-state index in [0.29, 0.717) is 5.96 Å². The quantitative estimate of drug-likeness (QED) is 0.259. The van der Waals surface area contributed by atoms with Crippen LogP contribution in [0, 0.1) is 6.92 Å². The second kappa shape index (κ2) is 13.3. The molecule has 0 aliphatic carbocycles.